The van der Waals surface area contributed by atoms with Crippen molar-refractivity contribution in [1.29, 1.82) is 0 Å². The molecule has 4 heterocycles. The molecule has 4 aromatic heterocycles. The molecule has 0 atom stereocenters. The zero-order chi connectivity index (χ0) is 19.1. The number of rotatable bonds is 4. The number of aromatic amines is 1. The van der Waals surface area contributed by atoms with E-state index < -0.39 is 0 Å². The third-order valence-corrected chi connectivity index (χ3v) is 4.80. The van der Waals surface area contributed by atoms with Crippen molar-refractivity contribution < 1.29 is 9.18 Å². The van der Waals surface area contributed by atoms with Crippen LogP contribution >= 0.6 is 0 Å². The van der Waals surface area contributed by atoms with Crippen molar-refractivity contribution in [2.24, 2.45) is 0 Å². The fraction of sp³-hybridized carbons (Fsp3) is 0.0455. The van der Waals surface area contributed by atoms with Gasteiger partial charge in [-0.3, -0.25) is 9.78 Å². The molecule has 0 bridgehead atoms. The van der Waals surface area contributed by atoms with E-state index in [2.05, 4.69) is 15.0 Å². The molecule has 0 amide bonds. The minimum atomic E-state index is -0.265. The number of nitrogens with one attached hydrogen (secondary N) is 1. The summed E-state index contributed by atoms with van der Waals surface area (Å²) in [5.74, 6) is -0.156. The standard InChI is InChI=1S/C22H15FN4O/c23-15-6-4-14(5-7-15)11-16-12-17(20-3-1-2-10-27(16)20)21(28)22-25-18-8-9-24-13-19(18)26-22/h1-10,12-13H,11H2,(H,25,26). The number of nitrogens with zero attached hydrogens (tertiary/aromatic N) is 3. The van der Waals surface area contributed by atoms with Gasteiger partial charge in [-0.25, -0.2) is 9.37 Å². The van der Waals surface area contributed by atoms with Gasteiger partial charge in [-0.15, -0.1) is 0 Å². The molecule has 5 aromatic rings. The van der Waals surface area contributed by atoms with Crippen molar-refractivity contribution in [3.63, 3.8) is 0 Å². The second kappa shape index (κ2) is 6.42. The zero-order valence-electron chi connectivity index (χ0n) is 14.8. The van der Waals surface area contributed by atoms with E-state index in [1.165, 1.54) is 12.1 Å². The first kappa shape index (κ1) is 16.4. The average Bonchev–Trinajstić information content (AvgIpc) is 3.31. The van der Waals surface area contributed by atoms with Crippen molar-refractivity contribution in [3.05, 3.63) is 102 Å². The molecule has 136 valence electrons. The van der Waals surface area contributed by atoms with Gasteiger partial charge in [0, 0.05) is 24.5 Å². The lowest BCUT2D eigenvalue weighted by atomic mass is 10.1. The summed E-state index contributed by atoms with van der Waals surface area (Å²) in [6.07, 6.45) is 5.80. The number of imidazole rings is 1. The lowest BCUT2D eigenvalue weighted by Crippen LogP contribution is -2.03. The maximum Gasteiger partial charge on any atom is 0.230 e. The highest BCUT2D eigenvalue weighted by atomic mass is 19.1. The van der Waals surface area contributed by atoms with E-state index in [0.29, 0.717) is 17.5 Å². The van der Waals surface area contributed by atoms with Crippen LogP contribution in [0.1, 0.15) is 27.4 Å². The molecule has 0 spiro atoms. The summed E-state index contributed by atoms with van der Waals surface area (Å²) >= 11 is 0. The number of aromatic nitrogens is 4. The summed E-state index contributed by atoms with van der Waals surface area (Å²) in [5, 5.41) is 0. The van der Waals surface area contributed by atoms with Crippen LogP contribution in [0.5, 0.6) is 0 Å². The third kappa shape index (κ3) is 2.75. The fourth-order valence-electron chi connectivity index (χ4n) is 3.44. The Hall–Kier alpha value is -3.80. The quantitative estimate of drug-likeness (QED) is 0.483. The molecule has 5 rings (SSSR count). The van der Waals surface area contributed by atoms with Crippen LogP contribution in [0.4, 0.5) is 4.39 Å². The highest BCUT2D eigenvalue weighted by molar-refractivity contribution is 6.12. The van der Waals surface area contributed by atoms with E-state index in [1.807, 2.05) is 34.9 Å². The molecule has 0 aliphatic carbocycles. The van der Waals surface area contributed by atoms with Gasteiger partial charge in [-0.1, -0.05) is 18.2 Å². The van der Waals surface area contributed by atoms with E-state index in [1.54, 1.807) is 30.6 Å². The molecule has 0 aliphatic rings. The molecule has 1 aromatic carbocycles. The number of halogens is 1. The summed E-state index contributed by atoms with van der Waals surface area (Å²) in [6.45, 7) is 0. The molecule has 0 saturated heterocycles. The second-order valence-corrected chi connectivity index (χ2v) is 6.62. The van der Waals surface area contributed by atoms with Gasteiger partial charge >= 0.3 is 0 Å². The molecular formula is C22H15FN4O. The van der Waals surface area contributed by atoms with Crippen molar-refractivity contribution >= 4 is 22.3 Å². The van der Waals surface area contributed by atoms with Gasteiger partial charge in [0.25, 0.3) is 0 Å². The van der Waals surface area contributed by atoms with Gasteiger partial charge in [-0.2, -0.15) is 0 Å². The maximum absolute atomic E-state index is 13.2. The Bertz CT molecular complexity index is 1280. The number of H-pyrrole nitrogens is 1. The minimum absolute atomic E-state index is 0.176. The van der Waals surface area contributed by atoms with Crippen LogP contribution in [0.2, 0.25) is 0 Å². The van der Waals surface area contributed by atoms with Crippen molar-refractivity contribution in [2.75, 3.05) is 0 Å². The highest BCUT2D eigenvalue weighted by Gasteiger charge is 2.20. The molecule has 1 N–H and O–H groups in total. The first-order valence-corrected chi connectivity index (χ1v) is 8.87. The van der Waals surface area contributed by atoms with E-state index in [4.69, 9.17) is 0 Å². The number of hydrogen-bond acceptors (Lipinski definition) is 3. The lowest BCUT2D eigenvalue weighted by molar-refractivity contribution is 0.103. The minimum Gasteiger partial charge on any atom is -0.334 e. The van der Waals surface area contributed by atoms with Gasteiger partial charge in [0.05, 0.1) is 28.3 Å². The van der Waals surface area contributed by atoms with E-state index >= 15 is 0 Å². The fourth-order valence-corrected chi connectivity index (χ4v) is 3.44. The monoisotopic (exact) mass is 370 g/mol. The number of carbonyl (C=O) groups excluding carboxylic acids is 1. The first-order valence-electron chi connectivity index (χ1n) is 8.87. The van der Waals surface area contributed by atoms with Crippen LogP contribution in [0.15, 0.2) is 73.2 Å². The number of ketones is 1. The van der Waals surface area contributed by atoms with Crippen LogP contribution in [0.3, 0.4) is 0 Å². The summed E-state index contributed by atoms with van der Waals surface area (Å²) in [7, 11) is 0. The topological polar surface area (TPSA) is 63.0 Å². The van der Waals surface area contributed by atoms with E-state index in [0.717, 1.165) is 22.3 Å². The summed E-state index contributed by atoms with van der Waals surface area (Å²) in [6, 6.07) is 15.8. The van der Waals surface area contributed by atoms with E-state index in [-0.39, 0.29) is 17.4 Å². The summed E-state index contributed by atoms with van der Waals surface area (Å²) in [5.41, 5.74) is 4.73. The largest absolute Gasteiger partial charge is 0.334 e. The van der Waals surface area contributed by atoms with Gasteiger partial charge in [0.1, 0.15) is 5.82 Å². The Kier molecular flexibility index (Phi) is 3.76. The Labute approximate surface area is 159 Å². The van der Waals surface area contributed by atoms with Gasteiger partial charge in [0.15, 0.2) is 5.82 Å². The summed E-state index contributed by atoms with van der Waals surface area (Å²) in [4.78, 5) is 24.7. The normalized spacial score (nSPS) is 11.3. The SMILES string of the molecule is O=C(c1nc2ccncc2[nH]1)c1cc(Cc2ccc(F)cc2)n2ccccc12. The smallest absolute Gasteiger partial charge is 0.230 e. The molecule has 0 saturated carbocycles. The van der Waals surface area contributed by atoms with Crippen molar-refractivity contribution in [1.82, 2.24) is 19.4 Å². The van der Waals surface area contributed by atoms with Crippen LogP contribution in [0, 0.1) is 5.82 Å². The molecule has 0 aliphatic heterocycles. The molecule has 6 heteroatoms. The number of pyridine rings is 2. The highest BCUT2D eigenvalue weighted by Crippen LogP contribution is 2.23. The van der Waals surface area contributed by atoms with Crippen LogP contribution < -0.4 is 0 Å². The van der Waals surface area contributed by atoms with E-state index in [9.17, 15) is 9.18 Å². The van der Waals surface area contributed by atoms with Gasteiger partial charge in [0.2, 0.25) is 5.78 Å². The van der Waals surface area contributed by atoms with Gasteiger partial charge in [-0.05, 0) is 42.0 Å². The predicted molar refractivity (Wildman–Crippen MR) is 104 cm³/mol. The number of benzene rings is 1. The Morgan fingerprint density at radius 3 is 2.79 bits per heavy atom. The van der Waals surface area contributed by atoms with Crippen molar-refractivity contribution in [3.8, 4) is 0 Å². The molecule has 0 fully saturated rings. The van der Waals surface area contributed by atoms with Gasteiger partial charge < -0.3 is 9.38 Å². The van der Waals surface area contributed by atoms with Crippen LogP contribution in [-0.4, -0.2) is 25.1 Å². The molecule has 5 nitrogen and oxygen atoms in total. The first-order chi connectivity index (χ1) is 13.7. The number of hydrogen-bond donors (Lipinski definition) is 1. The average molecular weight is 370 g/mol. The third-order valence-electron chi connectivity index (χ3n) is 4.80. The molecular weight excluding hydrogens is 355 g/mol. The number of fused-ring (bicyclic) bond motifs is 2. The Balaban J connectivity index is 1.59. The van der Waals surface area contributed by atoms with Crippen LogP contribution in [-0.2, 0) is 6.42 Å². The molecule has 0 unspecified atom stereocenters. The van der Waals surface area contributed by atoms with Crippen LogP contribution in [0.25, 0.3) is 16.6 Å². The zero-order valence-corrected chi connectivity index (χ0v) is 14.8. The predicted octanol–water partition coefficient (Wildman–Crippen LogP) is 4.17. The maximum atomic E-state index is 13.2. The lowest BCUT2D eigenvalue weighted by Gasteiger charge is -2.03. The molecule has 28 heavy (non-hydrogen) atoms. The number of carbonyl (C=O) groups is 1. The van der Waals surface area contributed by atoms with Crippen molar-refractivity contribution in [2.45, 2.75) is 6.42 Å². The Morgan fingerprint density at radius 1 is 1.11 bits per heavy atom. The second-order valence-electron chi connectivity index (χ2n) is 6.62. The summed E-state index contributed by atoms with van der Waals surface area (Å²) < 4.78 is 15.2. The molecule has 0 radical (unpaired) electrons. The Morgan fingerprint density at radius 2 is 1.96 bits per heavy atom.